The third kappa shape index (κ3) is 2.73. The van der Waals surface area contributed by atoms with Gasteiger partial charge < -0.3 is 10.4 Å². The Labute approximate surface area is 121 Å². The quantitative estimate of drug-likeness (QED) is 0.826. The van der Waals surface area contributed by atoms with Gasteiger partial charge in [0, 0.05) is 5.69 Å². The molecule has 2 rings (SSSR count). The molecule has 1 aliphatic heterocycles. The second kappa shape index (κ2) is 6.40. The average molecular weight is 275 g/mol. The molecule has 0 aliphatic carbocycles. The summed E-state index contributed by atoms with van der Waals surface area (Å²) in [6, 6.07) is 4.08. The van der Waals surface area contributed by atoms with Gasteiger partial charge in [-0.15, -0.1) is 0 Å². The predicted molar refractivity (Wildman–Crippen MR) is 82.0 cm³/mol. The third-order valence-electron chi connectivity index (χ3n) is 4.22. The smallest absolute Gasteiger partial charge is 0.232 e. The molecular weight excluding hydrogens is 250 g/mol. The molecule has 0 fully saturated rings. The van der Waals surface area contributed by atoms with E-state index < -0.39 is 6.10 Å². The van der Waals surface area contributed by atoms with Crippen molar-refractivity contribution in [2.24, 2.45) is 0 Å². The van der Waals surface area contributed by atoms with E-state index in [2.05, 4.69) is 25.2 Å². The number of aliphatic hydroxyl groups is 1. The number of carbonyl (C=O) groups is 1. The highest BCUT2D eigenvalue weighted by Crippen LogP contribution is 2.39. The monoisotopic (exact) mass is 275 g/mol. The minimum absolute atomic E-state index is 0.0615. The maximum absolute atomic E-state index is 12.0. The van der Waals surface area contributed by atoms with Gasteiger partial charge in [0.1, 0.15) is 0 Å². The van der Waals surface area contributed by atoms with Crippen LogP contribution in [0.1, 0.15) is 75.2 Å². The molecule has 3 heteroatoms. The van der Waals surface area contributed by atoms with Crippen molar-refractivity contribution in [2.45, 2.75) is 64.9 Å². The van der Waals surface area contributed by atoms with E-state index in [4.69, 9.17) is 0 Å². The summed E-state index contributed by atoms with van der Waals surface area (Å²) in [5, 5.41) is 13.3. The summed E-state index contributed by atoms with van der Waals surface area (Å²) in [5.74, 6) is 0.0334. The minimum atomic E-state index is -0.418. The summed E-state index contributed by atoms with van der Waals surface area (Å²) in [6.45, 7) is 6.25. The maximum atomic E-state index is 12.0. The van der Waals surface area contributed by atoms with E-state index >= 15 is 0 Å². The Kier molecular flexibility index (Phi) is 4.81. The van der Waals surface area contributed by atoms with Crippen LogP contribution in [0, 0.1) is 0 Å². The van der Waals surface area contributed by atoms with Crippen LogP contribution in [0.15, 0.2) is 12.1 Å². The Bertz CT molecular complexity index is 496. The van der Waals surface area contributed by atoms with E-state index in [9.17, 15) is 9.90 Å². The number of aliphatic hydroxyl groups excluding tert-OH is 1. The van der Waals surface area contributed by atoms with Crippen LogP contribution in [-0.2, 0) is 11.2 Å². The number of nitrogens with one attached hydrogen (secondary N) is 1. The molecule has 2 N–H and O–H groups in total. The van der Waals surface area contributed by atoms with E-state index in [0.717, 1.165) is 54.5 Å². The molecule has 1 aromatic rings. The molecule has 0 saturated carbocycles. The van der Waals surface area contributed by atoms with Gasteiger partial charge in [-0.2, -0.15) is 0 Å². The van der Waals surface area contributed by atoms with Crippen molar-refractivity contribution in [3.8, 4) is 0 Å². The van der Waals surface area contributed by atoms with Crippen molar-refractivity contribution in [3.63, 3.8) is 0 Å². The fraction of sp³-hybridized carbons (Fsp3) is 0.588. The zero-order valence-corrected chi connectivity index (χ0v) is 12.7. The average Bonchev–Trinajstić information content (AvgIpc) is 2.78. The van der Waals surface area contributed by atoms with Crippen molar-refractivity contribution in [1.82, 2.24) is 0 Å². The molecule has 2 unspecified atom stereocenters. The van der Waals surface area contributed by atoms with Crippen molar-refractivity contribution in [2.75, 3.05) is 5.32 Å². The summed E-state index contributed by atoms with van der Waals surface area (Å²) in [5.41, 5.74) is 4.15. The topological polar surface area (TPSA) is 49.3 Å². The van der Waals surface area contributed by atoms with Crippen LogP contribution in [0.3, 0.4) is 0 Å². The van der Waals surface area contributed by atoms with Crippen LogP contribution in [0.5, 0.6) is 0 Å². The first-order valence-electron chi connectivity index (χ1n) is 7.77. The zero-order valence-electron chi connectivity index (χ0n) is 12.7. The molecule has 0 bridgehead atoms. The number of unbranched alkanes of at least 4 members (excludes halogenated alkanes) is 1. The number of amides is 1. The first-order valence-corrected chi connectivity index (χ1v) is 7.77. The highest BCUT2D eigenvalue weighted by Gasteiger charge is 2.31. The maximum Gasteiger partial charge on any atom is 0.232 e. The second-order valence-electron chi connectivity index (χ2n) is 5.61. The van der Waals surface area contributed by atoms with Gasteiger partial charge in [0.25, 0.3) is 0 Å². The second-order valence-corrected chi connectivity index (χ2v) is 5.61. The molecule has 3 nitrogen and oxygen atoms in total. The standard InChI is InChI=1S/C17H25NO2/c1-4-7-8-15(19)12-9-11(5-2)16-14(10-12)13(6-3)17(20)18-16/h9-10,13,15,19H,4-8H2,1-3H3,(H,18,20). The summed E-state index contributed by atoms with van der Waals surface area (Å²) in [4.78, 5) is 12.0. The first kappa shape index (κ1) is 15.0. The Morgan fingerprint density at radius 3 is 2.65 bits per heavy atom. The number of fused-ring (bicyclic) bond motifs is 1. The lowest BCUT2D eigenvalue weighted by molar-refractivity contribution is -0.117. The number of anilines is 1. The van der Waals surface area contributed by atoms with Crippen molar-refractivity contribution in [1.29, 1.82) is 0 Å². The molecular formula is C17H25NO2. The molecule has 2 atom stereocenters. The highest BCUT2D eigenvalue weighted by molar-refractivity contribution is 6.03. The lowest BCUT2D eigenvalue weighted by Gasteiger charge is -2.16. The molecule has 0 aromatic heterocycles. The summed E-state index contributed by atoms with van der Waals surface area (Å²) in [6.07, 6.45) is 4.15. The van der Waals surface area contributed by atoms with Gasteiger partial charge in [0.2, 0.25) is 5.91 Å². The van der Waals surface area contributed by atoms with Gasteiger partial charge in [-0.1, -0.05) is 45.7 Å². The summed E-state index contributed by atoms with van der Waals surface area (Å²) >= 11 is 0. The van der Waals surface area contributed by atoms with Crippen LogP contribution < -0.4 is 5.32 Å². The van der Waals surface area contributed by atoms with Crippen LogP contribution in [0.25, 0.3) is 0 Å². The molecule has 1 heterocycles. The van der Waals surface area contributed by atoms with Gasteiger partial charge in [-0.25, -0.2) is 0 Å². The Hall–Kier alpha value is -1.35. The van der Waals surface area contributed by atoms with Gasteiger partial charge in [-0.05, 0) is 36.0 Å². The highest BCUT2D eigenvalue weighted by atomic mass is 16.3. The fourth-order valence-corrected chi connectivity index (χ4v) is 2.97. The van der Waals surface area contributed by atoms with Crippen LogP contribution >= 0.6 is 0 Å². The van der Waals surface area contributed by atoms with E-state index in [1.165, 1.54) is 0 Å². The van der Waals surface area contributed by atoms with Crippen LogP contribution in [-0.4, -0.2) is 11.0 Å². The number of carbonyl (C=O) groups excluding carboxylic acids is 1. The summed E-state index contributed by atoms with van der Waals surface area (Å²) < 4.78 is 0. The molecule has 20 heavy (non-hydrogen) atoms. The molecule has 0 radical (unpaired) electrons. The molecule has 0 spiro atoms. The van der Waals surface area contributed by atoms with Gasteiger partial charge in [0.05, 0.1) is 12.0 Å². The Balaban J connectivity index is 2.38. The first-order chi connectivity index (χ1) is 9.62. The number of hydrogen-bond acceptors (Lipinski definition) is 2. The number of rotatable bonds is 6. The van der Waals surface area contributed by atoms with Crippen molar-refractivity contribution >= 4 is 11.6 Å². The van der Waals surface area contributed by atoms with Gasteiger partial charge in [0.15, 0.2) is 0 Å². The lowest BCUT2D eigenvalue weighted by Crippen LogP contribution is -2.10. The number of hydrogen-bond donors (Lipinski definition) is 2. The largest absolute Gasteiger partial charge is 0.388 e. The molecule has 110 valence electrons. The third-order valence-corrected chi connectivity index (χ3v) is 4.22. The molecule has 0 saturated heterocycles. The molecule has 1 amide bonds. The lowest BCUT2D eigenvalue weighted by atomic mass is 9.91. The van der Waals surface area contributed by atoms with Gasteiger partial charge in [-0.3, -0.25) is 4.79 Å². The minimum Gasteiger partial charge on any atom is -0.388 e. The normalized spacial score (nSPS) is 18.8. The number of benzene rings is 1. The van der Waals surface area contributed by atoms with Crippen LogP contribution in [0.4, 0.5) is 5.69 Å². The zero-order chi connectivity index (χ0) is 14.7. The fourth-order valence-electron chi connectivity index (χ4n) is 2.97. The van der Waals surface area contributed by atoms with Crippen LogP contribution in [0.2, 0.25) is 0 Å². The van der Waals surface area contributed by atoms with Gasteiger partial charge >= 0.3 is 0 Å². The summed E-state index contributed by atoms with van der Waals surface area (Å²) in [7, 11) is 0. The van der Waals surface area contributed by atoms with E-state index in [1.54, 1.807) is 0 Å². The van der Waals surface area contributed by atoms with E-state index in [-0.39, 0.29) is 11.8 Å². The van der Waals surface area contributed by atoms with E-state index in [1.807, 2.05) is 13.0 Å². The van der Waals surface area contributed by atoms with E-state index in [0.29, 0.717) is 0 Å². The van der Waals surface area contributed by atoms with Crippen molar-refractivity contribution in [3.05, 3.63) is 28.8 Å². The Morgan fingerprint density at radius 1 is 1.30 bits per heavy atom. The van der Waals surface area contributed by atoms with Crippen molar-refractivity contribution < 1.29 is 9.90 Å². The Morgan fingerprint density at radius 2 is 2.05 bits per heavy atom. The molecule has 1 aliphatic rings. The predicted octanol–water partition coefficient (Wildman–Crippen LogP) is 3.92. The molecule has 1 aromatic carbocycles. The SMILES string of the molecule is CCCCC(O)c1cc(CC)c2c(c1)C(CC)C(=O)N2. The number of aryl methyl sites for hydroxylation is 1.